The minimum Gasteiger partial charge on any atom is -0.309 e. The van der Waals surface area contributed by atoms with E-state index >= 15 is 0 Å². The number of hydrogen-bond donors (Lipinski definition) is 2. The van der Waals surface area contributed by atoms with E-state index in [9.17, 15) is 4.79 Å². The SMILES string of the molecule is CC(C)(C)NC1CCCC1.CC(C)(C)NC1CCCC1.O=C1CCCC1. The second-order valence-electron chi connectivity index (χ2n) is 10.5. The van der Waals surface area contributed by atoms with Gasteiger partial charge in [-0.25, -0.2) is 0 Å². The number of carbonyl (C=O) groups excluding carboxylic acids is 1. The molecule has 0 bridgehead atoms. The van der Waals surface area contributed by atoms with Crippen molar-refractivity contribution < 1.29 is 4.79 Å². The maximum atomic E-state index is 10.2. The fourth-order valence-corrected chi connectivity index (χ4v) is 4.13. The monoisotopic (exact) mass is 366 g/mol. The van der Waals surface area contributed by atoms with Crippen molar-refractivity contribution >= 4 is 5.78 Å². The smallest absolute Gasteiger partial charge is 0.132 e. The zero-order valence-electron chi connectivity index (χ0n) is 18.5. The summed E-state index contributed by atoms with van der Waals surface area (Å²) < 4.78 is 0. The quantitative estimate of drug-likeness (QED) is 0.652. The predicted molar refractivity (Wildman–Crippen MR) is 114 cm³/mol. The van der Waals surface area contributed by atoms with Gasteiger partial charge in [-0.2, -0.15) is 0 Å². The molecule has 3 saturated carbocycles. The van der Waals surface area contributed by atoms with E-state index in [0.717, 1.165) is 37.8 Å². The van der Waals surface area contributed by atoms with Crippen LogP contribution < -0.4 is 10.6 Å². The lowest BCUT2D eigenvalue weighted by Crippen LogP contribution is -2.42. The fourth-order valence-electron chi connectivity index (χ4n) is 4.13. The molecule has 0 aliphatic heterocycles. The highest BCUT2D eigenvalue weighted by Gasteiger charge is 2.20. The molecule has 0 atom stereocenters. The van der Waals surface area contributed by atoms with E-state index in [0.29, 0.717) is 16.9 Å². The minimum atomic E-state index is 0.314. The first kappa shape index (κ1) is 23.6. The summed E-state index contributed by atoms with van der Waals surface area (Å²) in [7, 11) is 0. The van der Waals surface area contributed by atoms with Gasteiger partial charge in [-0.15, -0.1) is 0 Å². The second kappa shape index (κ2) is 11.4. The molecule has 0 saturated heterocycles. The first-order valence-electron chi connectivity index (χ1n) is 11.1. The molecule has 0 aromatic carbocycles. The van der Waals surface area contributed by atoms with Crippen LogP contribution >= 0.6 is 0 Å². The Labute approximate surface area is 163 Å². The summed E-state index contributed by atoms with van der Waals surface area (Å²) in [4.78, 5) is 10.2. The zero-order chi connectivity index (χ0) is 19.6. The molecule has 3 aliphatic rings. The Hall–Kier alpha value is -0.410. The van der Waals surface area contributed by atoms with E-state index < -0.39 is 0 Å². The zero-order valence-corrected chi connectivity index (χ0v) is 18.5. The van der Waals surface area contributed by atoms with Crippen molar-refractivity contribution in [3.8, 4) is 0 Å². The van der Waals surface area contributed by atoms with Gasteiger partial charge in [0.15, 0.2) is 0 Å². The van der Waals surface area contributed by atoms with Gasteiger partial charge in [0, 0.05) is 36.0 Å². The third kappa shape index (κ3) is 12.9. The molecule has 3 aliphatic carbocycles. The average Bonchev–Trinajstić information content (AvgIpc) is 3.21. The van der Waals surface area contributed by atoms with Crippen LogP contribution in [0.25, 0.3) is 0 Å². The third-order valence-corrected chi connectivity index (χ3v) is 5.15. The minimum absolute atomic E-state index is 0.314. The van der Waals surface area contributed by atoms with Crippen LogP contribution in [0.3, 0.4) is 0 Å². The van der Waals surface area contributed by atoms with Gasteiger partial charge in [-0.3, -0.25) is 4.79 Å². The van der Waals surface area contributed by atoms with Gasteiger partial charge in [0.1, 0.15) is 5.78 Å². The highest BCUT2D eigenvalue weighted by Crippen LogP contribution is 2.20. The van der Waals surface area contributed by atoms with Gasteiger partial charge in [0.05, 0.1) is 0 Å². The maximum absolute atomic E-state index is 10.2. The number of rotatable bonds is 2. The number of carbonyl (C=O) groups is 1. The summed E-state index contributed by atoms with van der Waals surface area (Å²) in [6.07, 6.45) is 15.2. The van der Waals surface area contributed by atoms with Gasteiger partial charge in [0.2, 0.25) is 0 Å². The van der Waals surface area contributed by atoms with E-state index in [2.05, 4.69) is 52.2 Å². The van der Waals surface area contributed by atoms with Gasteiger partial charge >= 0.3 is 0 Å². The van der Waals surface area contributed by atoms with Crippen molar-refractivity contribution in [2.45, 2.75) is 142 Å². The van der Waals surface area contributed by atoms with Crippen LogP contribution in [0.15, 0.2) is 0 Å². The van der Waals surface area contributed by atoms with E-state index in [1.165, 1.54) is 51.4 Å². The maximum Gasteiger partial charge on any atom is 0.132 e. The third-order valence-electron chi connectivity index (χ3n) is 5.15. The Bertz CT molecular complexity index is 344. The lowest BCUT2D eigenvalue weighted by molar-refractivity contribution is -0.117. The van der Waals surface area contributed by atoms with Gasteiger partial charge in [-0.05, 0) is 80.1 Å². The number of Topliss-reactive ketones (excluding diaryl/α,β-unsaturated/α-hetero) is 1. The fraction of sp³-hybridized carbons (Fsp3) is 0.957. The largest absolute Gasteiger partial charge is 0.309 e. The summed E-state index contributed by atoms with van der Waals surface area (Å²) >= 11 is 0. The molecule has 3 rings (SSSR count). The van der Waals surface area contributed by atoms with Gasteiger partial charge in [0.25, 0.3) is 0 Å². The Balaban J connectivity index is 0.000000201. The normalized spacial score (nSPS) is 22.0. The van der Waals surface area contributed by atoms with E-state index in [-0.39, 0.29) is 0 Å². The first-order chi connectivity index (χ1) is 12.1. The first-order valence-corrected chi connectivity index (χ1v) is 11.1. The molecular formula is C23H46N2O. The molecule has 0 amide bonds. The molecule has 2 N–H and O–H groups in total. The predicted octanol–water partition coefficient (Wildman–Crippen LogP) is 5.76. The van der Waals surface area contributed by atoms with Crippen molar-refractivity contribution in [1.82, 2.24) is 10.6 Å². The topological polar surface area (TPSA) is 41.1 Å². The lowest BCUT2D eigenvalue weighted by atomic mass is 10.1. The summed E-state index contributed by atoms with van der Waals surface area (Å²) in [6.45, 7) is 13.4. The lowest BCUT2D eigenvalue weighted by Gasteiger charge is -2.25. The molecule has 0 unspecified atom stereocenters. The van der Waals surface area contributed by atoms with E-state index in [1.807, 2.05) is 0 Å². The average molecular weight is 367 g/mol. The Morgan fingerprint density at radius 3 is 1.12 bits per heavy atom. The van der Waals surface area contributed by atoms with Crippen LogP contribution in [-0.2, 0) is 4.79 Å². The summed E-state index contributed by atoms with van der Waals surface area (Å²) in [5.74, 6) is 0.454. The molecule has 0 aromatic heterocycles. The van der Waals surface area contributed by atoms with Gasteiger partial charge < -0.3 is 10.6 Å². The van der Waals surface area contributed by atoms with Crippen LogP contribution in [0.1, 0.15) is 119 Å². The Kier molecular flexibility index (Phi) is 10.4. The molecule has 3 fully saturated rings. The Morgan fingerprint density at radius 1 is 0.615 bits per heavy atom. The van der Waals surface area contributed by atoms with Crippen molar-refractivity contribution in [2.24, 2.45) is 0 Å². The molecule has 0 heterocycles. The van der Waals surface area contributed by atoms with Gasteiger partial charge in [-0.1, -0.05) is 25.7 Å². The van der Waals surface area contributed by atoms with Crippen molar-refractivity contribution in [2.75, 3.05) is 0 Å². The van der Waals surface area contributed by atoms with Crippen LogP contribution in [0, 0.1) is 0 Å². The highest BCUT2D eigenvalue weighted by atomic mass is 16.1. The summed E-state index contributed by atoms with van der Waals surface area (Å²) in [6, 6.07) is 1.61. The highest BCUT2D eigenvalue weighted by molar-refractivity contribution is 5.80. The van der Waals surface area contributed by atoms with E-state index in [4.69, 9.17) is 0 Å². The second-order valence-corrected chi connectivity index (χ2v) is 10.5. The molecule has 3 heteroatoms. The molecule has 3 nitrogen and oxygen atoms in total. The van der Waals surface area contributed by atoms with Crippen molar-refractivity contribution in [3.05, 3.63) is 0 Å². The van der Waals surface area contributed by atoms with Crippen LogP contribution in [0.5, 0.6) is 0 Å². The summed E-state index contributed by atoms with van der Waals surface area (Å²) in [5.41, 5.74) is 0.629. The molecule has 154 valence electrons. The van der Waals surface area contributed by atoms with Crippen molar-refractivity contribution in [3.63, 3.8) is 0 Å². The van der Waals surface area contributed by atoms with Crippen LogP contribution in [0.4, 0.5) is 0 Å². The number of nitrogens with one attached hydrogen (secondary N) is 2. The molecule has 0 radical (unpaired) electrons. The summed E-state index contributed by atoms with van der Waals surface area (Å²) in [5, 5.41) is 7.24. The van der Waals surface area contributed by atoms with Crippen LogP contribution in [-0.4, -0.2) is 28.9 Å². The van der Waals surface area contributed by atoms with E-state index in [1.54, 1.807) is 0 Å². The molecule has 0 aromatic rings. The number of hydrogen-bond acceptors (Lipinski definition) is 3. The van der Waals surface area contributed by atoms with Crippen LogP contribution in [0.2, 0.25) is 0 Å². The van der Waals surface area contributed by atoms with Crippen molar-refractivity contribution in [1.29, 1.82) is 0 Å². The number of ketones is 1. The standard InChI is InChI=1S/2C9H19N.C5H8O/c2*1-9(2,3)10-8-6-4-5-7-8;6-5-3-1-2-4-5/h2*8,10H,4-7H2,1-3H3;1-4H2. The Morgan fingerprint density at radius 2 is 0.923 bits per heavy atom. The molecular weight excluding hydrogens is 320 g/mol. The molecule has 0 spiro atoms. The molecule has 26 heavy (non-hydrogen) atoms.